The summed E-state index contributed by atoms with van der Waals surface area (Å²) in [6.07, 6.45) is 4.04. The van der Waals surface area contributed by atoms with Crippen LogP contribution < -0.4 is 15.4 Å². The van der Waals surface area contributed by atoms with E-state index in [-0.39, 0.29) is 0 Å². The molecule has 0 spiro atoms. The molecule has 3 rings (SSSR count). The van der Waals surface area contributed by atoms with Crippen molar-refractivity contribution < 1.29 is 14.3 Å². The monoisotopic (exact) mass is 398 g/mol. The van der Waals surface area contributed by atoms with E-state index in [1.165, 1.54) is 0 Å². The fourth-order valence-corrected chi connectivity index (χ4v) is 2.63. The molecule has 7 nitrogen and oxygen atoms in total. The van der Waals surface area contributed by atoms with Crippen molar-refractivity contribution in [1.82, 2.24) is 14.9 Å². The summed E-state index contributed by atoms with van der Waals surface area (Å²) in [5.41, 5.74) is 0.482. The van der Waals surface area contributed by atoms with E-state index in [0.717, 1.165) is 5.82 Å². The molecular weight excluding hydrogens is 380 g/mol. The zero-order valence-electron chi connectivity index (χ0n) is 15.2. The number of rotatable bonds is 6. The van der Waals surface area contributed by atoms with Crippen LogP contribution in [0.3, 0.4) is 0 Å². The van der Waals surface area contributed by atoms with Gasteiger partial charge in [0.25, 0.3) is 0 Å². The highest BCUT2D eigenvalue weighted by molar-refractivity contribution is 6.39. The van der Waals surface area contributed by atoms with E-state index in [9.17, 15) is 9.59 Å². The lowest BCUT2D eigenvalue weighted by molar-refractivity contribution is -0.136. The molecular formula is C20H19ClN4O3. The molecule has 0 fully saturated rings. The van der Waals surface area contributed by atoms with Crippen LogP contribution in [0.2, 0.25) is 5.02 Å². The number of halogens is 1. The van der Waals surface area contributed by atoms with Gasteiger partial charge in [-0.2, -0.15) is 0 Å². The van der Waals surface area contributed by atoms with Crippen molar-refractivity contribution in [3.63, 3.8) is 0 Å². The molecule has 144 valence electrons. The molecule has 2 N–H and O–H groups in total. The van der Waals surface area contributed by atoms with Crippen LogP contribution in [0.4, 0.5) is 5.69 Å². The van der Waals surface area contributed by atoms with E-state index in [0.29, 0.717) is 35.2 Å². The molecule has 0 atom stereocenters. The second-order valence-electron chi connectivity index (χ2n) is 5.97. The maximum absolute atomic E-state index is 12.0. The Kier molecular flexibility index (Phi) is 6.29. The van der Waals surface area contributed by atoms with E-state index in [1.807, 2.05) is 29.9 Å². The summed E-state index contributed by atoms with van der Waals surface area (Å²) in [6.45, 7) is 0.321. The Hall–Kier alpha value is -3.32. The van der Waals surface area contributed by atoms with Crippen LogP contribution in [0.5, 0.6) is 11.5 Å². The predicted molar refractivity (Wildman–Crippen MR) is 107 cm³/mol. The number of aromatic nitrogens is 2. The van der Waals surface area contributed by atoms with Gasteiger partial charge in [0.05, 0.1) is 5.02 Å². The molecule has 0 radical (unpaired) electrons. The molecule has 0 saturated carbocycles. The first kappa shape index (κ1) is 19.4. The Bertz CT molecular complexity index is 970. The summed E-state index contributed by atoms with van der Waals surface area (Å²) >= 11 is 6.06. The summed E-state index contributed by atoms with van der Waals surface area (Å²) in [6, 6.07) is 13.8. The fourth-order valence-electron chi connectivity index (χ4n) is 2.45. The topological polar surface area (TPSA) is 85.2 Å². The summed E-state index contributed by atoms with van der Waals surface area (Å²) in [4.78, 5) is 28.1. The molecule has 0 aliphatic rings. The molecule has 3 aromatic rings. The lowest BCUT2D eigenvalue weighted by atomic mass is 10.3. The lowest BCUT2D eigenvalue weighted by Gasteiger charge is -2.09. The number of ether oxygens (including phenoxy) is 1. The van der Waals surface area contributed by atoms with Crippen LogP contribution in [0.15, 0.2) is 60.9 Å². The summed E-state index contributed by atoms with van der Waals surface area (Å²) < 4.78 is 7.54. The zero-order chi connectivity index (χ0) is 19.9. The van der Waals surface area contributed by atoms with Gasteiger partial charge in [-0.15, -0.1) is 0 Å². The van der Waals surface area contributed by atoms with Crippen LogP contribution in [0.1, 0.15) is 5.82 Å². The normalized spacial score (nSPS) is 10.4. The third-order valence-electron chi connectivity index (χ3n) is 3.94. The Labute approximate surface area is 167 Å². The minimum atomic E-state index is -0.736. The number of amides is 2. The maximum atomic E-state index is 12.0. The third kappa shape index (κ3) is 5.11. The van der Waals surface area contributed by atoms with Crippen LogP contribution in [0, 0.1) is 0 Å². The van der Waals surface area contributed by atoms with Gasteiger partial charge in [0.1, 0.15) is 17.3 Å². The Morgan fingerprint density at radius 2 is 1.86 bits per heavy atom. The van der Waals surface area contributed by atoms with Gasteiger partial charge >= 0.3 is 11.8 Å². The number of hydrogen-bond donors (Lipinski definition) is 2. The Balaban J connectivity index is 1.49. The number of nitrogens with one attached hydrogen (secondary N) is 2. The maximum Gasteiger partial charge on any atom is 0.313 e. The van der Waals surface area contributed by atoms with E-state index in [4.69, 9.17) is 16.3 Å². The van der Waals surface area contributed by atoms with E-state index in [2.05, 4.69) is 15.6 Å². The highest BCUT2D eigenvalue weighted by Crippen LogP contribution is 2.29. The summed E-state index contributed by atoms with van der Waals surface area (Å²) in [7, 11) is 1.87. The standard InChI is InChI=1S/C20H19ClN4O3/c1-25-13-12-22-18(25)10-11-23-19(26)20(27)24-14-6-8-15(9-7-14)28-17-5-3-2-4-16(17)21/h2-9,12-13H,10-11H2,1H3,(H,23,26)(H,24,27). The van der Waals surface area contributed by atoms with E-state index >= 15 is 0 Å². The highest BCUT2D eigenvalue weighted by atomic mass is 35.5. The van der Waals surface area contributed by atoms with Crippen molar-refractivity contribution >= 4 is 29.1 Å². The smallest absolute Gasteiger partial charge is 0.313 e. The average molecular weight is 399 g/mol. The number of carbonyl (C=O) groups excluding carboxylic acids is 2. The van der Waals surface area contributed by atoms with Gasteiger partial charge in [0, 0.05) is 38.1 Å². The largest absolute Gasteiger partial charge is 0.456 e. The van der Waals surface area contributed by atoms with Crippen LogP contribution in [0.25, 0.3) is 0 Å². The molecule has 8 heteroatoms. The predicted octanol–water partition coefficient (Wildman–Crippen LogP) is 3.16. The molecule has 1 aromatic heterocycles. The zero-order valence-corrected chi connectivity index (χ0v) is 15.9. The SMILES string of the molecule is Cn1ccnc1CCNC(=O)C(=O)Nc1ccc(Oc2ccccc2Cl)cc1. The van der Waals surface area contributed by atoms with Crippen molar-refractivity contribution in [2.24, 2.45) is 7.05 Å². The van der Waals surface area contributed by atoms with Crippen molar-refractivity contribution in [3.05, 3.63) is 71.8 Å². The number of aryl methyl sites for hydroxylation is 1. The van der Waals surface area contributed by atoms with Gasteiger partial charge in [-0.1, -0.05) is 23.7 Å². The quantitative estimate of drug-likeness (QED) is 0.624. The van der Waals surface area contributed by atoms with Gasteiger partial charge in [0.15, 0.2) is 0 Å². The minimum Gasteiger partial charge on any atom is -0.456 e. The van der Waals surface area contributed by atoms with Crippen LogP contribution in [-0.2, 0) is 23.1 Å². The summed E-state index contributed by atoms with van der Waals surface area (Å²) in [5, 5.41) is 5.62. The number of hydrogen-bond acceptors (Lipinski definition) is 4. The number of imidazole rings is 1. The number of benzene rings is 2. The Morgan fingerprint density at radius 3 is 2.54 bits per heavy atom. The van der Waals surface area contributed by atoms with Crippen molar-refractivity contribution in [2.45, 2.75) is 6.42 Å². The van der Waals surface area contributed by atoms with Gasteiger partial charge in [0.2, 0.25) is 0 Å². The third-order valence-corrected chi connectivity index (χ3v) is 4.25. The molecule has 2 amide bonds. The Morgan fingerprint density at radius 1 is 1.11 bits per heavy atom. The van der Waals surface area contributed by atoms with Crippen LogP contribution in [-0.4, -0.2) is 27.9 Å². The molecule has 0 saturated heterocycles. The van der Waals surface area contributed by atoms with Crippen molar-refractivity contribution in [3.8, 4) is 11.5 Å². The molecule has 0 unspecified atom stereocenters. The molecule has 1 heterocycles. The van der Waals surface area contributed by atoms with Gasteiger partial charge in [-0.05, 0) is 36.4 Å². The van der Waals surface area contributed by atoms with Crippen molar-refractivity contribution in [1.29, 1.82) is 0 Å². The average Bonchev–Trinajstić information content (AvgIpc) is 3.10. The number of nitrogens with zero attached hydrogens (tertiary/aromatic N) is 2. The second kappa shape index (κ2) is 9.05. The molecule has 0 aliphatic heterocycles. The molecule has 0 aliphatic carbocycles. The second-order valence-corrected chi connectivity index (χ2v) is 6.38. The van der Waals surface area contributed by atoms with Gasteiger partial charge in [-0.25, -0.2) is 4.98 Å². The summed E-state index contributed by atoms with van der Waals surface area (Å²) in [5.74, 6) is 0.485. The number of anilines is 1. The molecule has 28 heavy (non-hydrogen) atoms. The first-order valence-corrected chi connectivity index (χ1v) is 8.98. The van der Waals surface area contributed by atoms with Gasteiger partial charge in [-0.3, -0.25) is 9.59 Å². The van der Waals surface area contributed by atoms with E-state index in [1.54, 1.807) is 42.6 Å². The first-order valence-electron chi connectivity index (χ1n) is 8.61. The minimum absolute atomic E-state index is 0.321. The first-order chi connectivity index (χ1) is 13.5. The number of para-hydroxylation sites is 1. The fraction of sp³-hybridized carbons (Fsp3) is 0.150. The van der Waals surface area contributed by atoms with Crippen molar-refractivity contribution in [2.75, 3.05) is 11.9 Å². The lowest BCUT2D eigenvalue weighted by Crippen LogP contribution is -2.36. The van der Waals surface area contributed by atoms with E-state index < -0.39 is 11.8 Å². The van der Waals surface area contributed by atoms with Gasteiger partial charge < -0.3 is 19.9 Å². The molecule has 0 bridgehead atoms. The number of carbonyl (C=O) groups is 2. The van der Waals surface area contributed by atoms with Crippen LogP contribution >= 0.6 is 11.6 Å². The molecule has 2 aromatic carbocycles. The highest BCUT2D eigenvalue weighted by Gasteiger charge is 2.13.